The van der Waals surface area contributed by atoms with Gasteiger partial charge < -0.3 is 10.1 Å². The number of ether oxygens (including phenoxy) is 1. The number of halogens is 1. The van der Waals surface area contributed by atoms with E-state index in [0.717, 1.165) is 41.8 Å². The van der Waals surface area contributed by atoms with Gasteiger partial charge in [0.15, 0.2) is 0 Å². The third kappa shape index (κ3) is 5.95. The maximum Gasteiger partial charge on any atom is 0.0964 e. The molecule has 0 aliphatic carbocycles. The van der Waals surface area contributed by atoms with Crippen LogP contribution in [0.25, 0.3) is 0 Å². The Morgan fingerprint density at radius 3 is 3.10 bits per heavy atom. The highest BCUT2D eigenvalue weighted by Crippen LogP contribution is 2.12. The first kappa shape index (κ1) is 16.1. The number of hydrogen-bond donors (Lipinski definition) is 1. The highest BCUT2D eigenvalue weighted by atomic mass is 79.9. The molecule has 114 valence electrons. The summed E-state index contributed by atoms with van der Waals surface area (Å²) in [4.78, 5) is 0. The number of nitrogens with zero attached hydrogens (tertiary/aromatic N) is 3. The van der Waals surface area contributed by atoms with E-state index in [1.807, 2.05) is 23.0 Å². The van der Waals surface area contributed by atoms with E-state index in [1.165, 1.54) is 0 Å². The minimum atomic E-state index is 0.610. The van der Waals surface area contributed by atoms with E-state index < -0.39 is 0 Å². The summed E-state index contributed by atoms with van der Waals surface area (Å²) in [6.07, 6.45) is 3.09. The quantitative estimate of drug-likeness (QED) is 0.705. The van der Waals surface area contributed by atoms with E-state index in [1.54, 1.807) is 0 Å². The summed E-state index contributed by atoms with van der Waals surface area (Å²) in [5, 5.41) is 11.5. The molecule has 5 nitrogen and oxygen atoms in total. The number of aromatic nitrogens is 3. The van der Waals surface area contributed by atoms with Crippen LogP contribution in [0.15, 0.2) is 34.9 Å². The molecular weight excluding hydrogens is 332 g/mol. The molecule has 0 saturated heterocycles. The second kappa shape index (κ2) is 8.92. The van der Waals surface area contributed by atoms with Gasteiger partial charge in [0.25, 0.3) is 0 Å². The minimum absolute atomic E-state index is 0.610. The van der Waals surface area contributed by atoms with Crippen LogP contribution in [0.3, 0.4) is 0 Å². The van der Waals surface area contributed by atoms with Crippen LogP contribution in [0, 0.1) is 0 Å². The van der Waals surface area contributed by atoms with Gasteiger partial charge in [-0.2, -0.15) is 0 Å². The van der Waals surface area contributed by atoms with E-state index in [4.69, 9.17) is 4.74 Å². The van der Waals surface area contributed by atoms with Gasteiger partial charge in [-0.1, -0.05) is 40.2 Å². The van der Waals surface area contributed by atoms with E-state index >= 15 is 0 Å². The normalized spacial score (nSPS) is 11.0. The smallest absolute Gasteiger partial charge is 0.0964 e. The first-order valence-corrected chi connectivity index (χ1v) is 7.99. The predicted molar refractivity (Wildman–Crippen MR) is 85.8 cm³/mol. The maximum atomic E-state index is 5.66. The lowest BCUT2D eigenvalue weighted by atomic mass is 10.2. The fourth-order valence-electron chi connectivity index (χ4n) is 1.90. The summed E-state index contributed by atoms with van der Waals surface area (Å²) in [6, 6.07) is 8.13. The lowest BCUT2D eigenvalue weighted by molar-refractivity contribution is 0.110. The molecule has 0 amide bonds. The Hall–Kier alpha value is -1.24. The maximum absolute atomic E-state index is 5.66. The van der Waals surface area contributed by atoms with Crippen LogP contribution in [-0.2, 0) is 24.4 Å². The van der Waals surface area contributed by atoms with Gasteiger partial charge in [-0.25, -0.2) is 4.68 Å². The fourth-order valence-corrected chi connectivity index (χ4v) is 2.34. The second-order valence-corrected chi connectivity index (χ2v) is 5.75. The van der Waals surface area contributed by atoms with Crippen molar-refractivity contribution < 1.29 is 4.74 Å². The topological polar surface area (TPSA) is 52.0 Å². The molecule has 0 unspecified atom stereocenters. The molecule has 1 heterocycles. The lowest BCUT2D eigenvalue weighted by Gasteiger charge is -2.04. The molecule has 0 radical (unpaired) electrons. The van der Waals surface area contributed by atoms with Crippen LogP contribution < -0.4 is 5.32 Å². The molecule has 0 saturated carbocycles. The van der Waals surface area contributed by atoms with Gasteiger partial charge in [-0.15, -0.1) is 5.10 Å². The zero-order valence-corrected chi connectivity index (χ0v) is 13.8. The van der Waals surface area contributed by atoms with Crippen LogP contribution in [0.2, 0.25) is 0 Å². The molecule has 0 aliphatic rings. The van der Waals surface area contributed by atoms with Crippen LogP contribution in [-0.4, -0.2) is 28.1 Å². The van der Waals surface area contributed by atoms with Crippen molar-refractivity contribution in [2.75, 3.05) is 13.2 Å². The third-order valence-corrected chi connectivity index (χ3v) is 3.43. The van der Waals surface area contributed by atoms with Gasteiger partial charge in [-0.3, -0.25) is 0 Å². The Bertz CT molecular complexity index is 544. The molecule has 0 spiro atoms. The zero-order valence-electron chi connectivity index (χ0n) is 12.3. The third-order valence-electron chi connectivity index (χ3n) is 2.94. The van der Waals surface area contributed by atoms with Crippen LogP contribution in [0.5, 0.6) is 0 Å². The predicted octanol–water partition coefficient (Wildman–Crippen LogP) is 2.76. The monoisotopic (exact) mass is 352 g/mol. The summed E-state index contributed by atoms with van der Waals surface area (Å²) in [5.41, 5.74) is 2.13. The van der Waals surface area contributed by atoms with Gasteiger partial charge in [0.1, 0.15) is 0 Å². The molecule has 21 heavy (non-hydrogen) atoms. The van der Waals surface area contributed by atoms with E-state index in [9.17, 15) is 0 Å². The van der Waals surface area contributed by atoms with Gasteiger partial charge >= 0.3 is 0 Å². The highest BCUT2D eigenvalue weighted by molar-refractivity contribution is 9.10. The molecule has 0 fully saturated rings. The highest BCUT2D eigenvalue weighted by Gasteiger charge is 2.00. The standard InChI is InChI=1S/C15H21BrN4O/c1-2-6-17-10-15-11-20(19-18-15)7-8-21-12-13-4-3-5-14(16)9-13/h3-5,9,11,17H,2,6-8,10,12H2,1H3. The van der Waals surface area contributed by atoms with Crippen molar-refractivity contribution >= 4 is 15.9 Å². The van der Waals surface area contributed by atoms with Crippen molar-refractivity contribution in [3.8, 4) is 0 Å². The SMILES string of the molecule is CCCNCc1cn(CCOCc2cccc(Br)c2)nn1. The van der Waals surface area contributed by atoms with Crippen molar-refractivity contribution in [3.63, 3.8) is 0 Å². The van der Waals surface area contributed by atoms with Crippen molar-refractivity contribution in [2.45, 2.75) is 33.0 Å². The molecule has 1 aromatic heterocycles. The van der Waals surface area contributed by atoms with Crippen molar-refractivity contribution in [3.05, 3.63) is 46.2 Å². The summed E-state index contributed by atoms with van der Waals surface area (Å²) < 4.78 is 8.56. The zero-order chi connectivity index (χ0) is 14.9. The first-order chi connectivity index (χ1) is 10.3. The summed E-state index contributed by atoms with van der Waals surface area (Å²) in [7, 11) is 0. The average Bonchev–Trinajstić information content (AvgIpc) is 2.92. The lowest BCUT2D eigenvalue weighted by Crippen LogP contribution is -2.14. The van der Waals surface area contributed by atoms with Crippen LogP contribution in [0.4, 0.5) is 0 Å². The average molecular weight is 353 g/mol. The number of hydrogen-bond acceptors (Lipinski definition) is 4. The van der Waals surface area contributed by atoms with Crippen LogP contribution in [0.1, 0.15) is 24.6 Å². The van der Waals surface area contributed by atoms with Gasteiger partial charge in [-0.05, 0) is 30.7 Å². The molecular formula is C15H21BrN4O. The van der Waals surface area contributed by atoms with Crippen LogP contribution >= 0.6 is 15.9 Å². The summed E-state index contributed by atoms with van der Waals surface area (Å²) in [6.45, 7) is 5.87. The Labute approximate surface area is 133 Å². The van der Waals surface area contributed by atoms with E-state index in [-0.39, 0.29) is 0 Å². The molecule has 0 bridgehead atoms. The van der Waals surface area contributed by atoms with E-state index in [0.29, 0.717) is 13.2 Å². The Morgan fingerprint density at radius 2 is 2.29 bits per heavy atom. The largest absolute Gasteiger partial charge is 0.375 e. The minimum Gasteiger partial charge on any atom is -0.375 e. The van der Waals surface area contributed by atoms with Crippen molar-refractivity contribution in [1.82, 2.24) is 20.3 Å². The van der Waals surface area contributed by atoms with Gasteiger partial charge in [0.05, 0.1) is 25.5 Å². The number of rotatable bonds is 9. The molecule has 2 rings (SSSR count). The Morgan fingerprint density at radius 1 is 1.38 bits per heavy atom. The first-order valence-electron chi connectivity index (χ1n) is 7.20. The van der Waals surface area contributed by atoms with Crippen molar-refractivity contribution in [1.29, 1.82) is 0 Å². The number of nitrogens with one attached hydrogen (secondary N) is 1. The molecule has 0 atom stereocenters. The molecule has 6 heteroatoms. The Balaban J connectivity index is 1.66. The summed E-state index contributed by atoms with van der Waals surface area (Å²) >= 11 is 3.45. The van der Waals surface area contributed by atoms with Gasteiger partial charge in [0.2, 0.25) is 0 Å². The van der Waals surface area contributed by atoms with Gasteiger partial charge in [0, 0.05) is 17.2 Å². The molecule has 2 aromatic rings. The second-order valence-electron chi connectivity index (χ2n) is 4.83. The van der Waals surface area contributed by atoms with E-state index in [2.05, 4.69) is 50.6 Å². The van der Waals surface area contributed by atoms with Crippen molar-refractivity contribution in [2.24, 2.45) is 0 Å². The fraction of sp³-hybridized carbons (Fsp3) is 0.467. The molecule has 0 aliphatic heterocycles. The molecule has 1 N–H and O–H groups in total. The Kier molecular flexibility index (Phi) is 6.85. The number of benzene rings is 1. The summed E-state index contributed by atoms with van der Waals surface area (Å²) in [5.74, 6) is 0. The molecule has 1 aromatic carbocycles.